The van der Waals surface area contributed by atoms with Gasteiger partial charge in [0, 0.05) is 18.5 Å². The lowest BCUT2D eigenvalue weighted by Crippen LogP contribution is -3.14. The van der Waals surface area contributed by atoms with Crippen LogP contribution in [0.25, 0.3) is 0 Å². The Bertz CT molecular complexity index is 530. The summed E-state index contributed by atoms with van der Waals surface area (Å²) in [7, 11) is 0. The van der Waals surface area contributed by atoms with E-state index < -0.39 is 11.8 Å². The fraction of sp³-hybridized carbons (Fsp3) is 0.529. The predicted molar refractivity (Wildman–Crippen MR) is 88.6 cm³/mol. The molecule has 1 heterocycles. The molecule has 0 radical (unpaired) electrons. The summed E-state index contributed by atoms with van der Waals surface area (Å²) in [6.07, 6.45) is 2.28. The topological polar surface area (TPSA) is 71.9 Å². The maximum Gasteiger partial charge on any atom is 0.313 e. The number of hydrogen-bond acceptors (Lipinski definition) is 3. The van der Waals surface area contributed by atoms with E-state index in [2.05, 4.69) is 17.6 Å². The van der Waals surface area contributed by atoms with Crippen LogP contribution >= 0.6 is 0 Å². The van der Waals surface area contributed by atoms with Crippen molar-refractivity contribution in [3.63, 3.8) is 0 Å². The lowest BCUT2D eigenvalue weighted by atomic mass is 10.2. The second-order valence-corrected chi connectivity index (χ2v) is 5.72. The van der Waals surface area contributed by atoms with E-state index >= 15 is 0 Å². The number of likely N-dealkylation sites (N-methyl/N-ethyl adjacent to an activating group) is 1. The van der Waals surface area contributed by atoms with Gasteiger partial charge in [-0.15, -0.1) is 0 Å². The monoisotopic (exact) mass is 320 g/mol. The highest BCUT2D eigenvalue weighted by Gasteiger charge is 2.27. The first-order chi connectivity index (χ1) is 11.1. The Hall–Kier alpha value is -2.08. The van der Waals surface area contributed by atoms with Crippen molar-refractivity contribution in [3.8, 4) is 5.75 Å². The highest BCUT2D eigenvalue weighted by atomic mass is 16.5. The van der Waals surface area contributed by atoms with Crippen LogP contribution in [0, 0.1) is 0 Å². The normalized spacial score (nSPS) is 20.1. The van der Waals surface area contributed by atoms with E-state index in [0.29, 0.717) is 24.9 Å². The van der Waals surface area contributed by atoms with Crippen molar-refractivity contribution in [2.75, 3.05) is 31.6 Å². The minimum absolute atomic E-state index is 0.419. The van der Waals surface area contributed by atoms with Crippen molar-refractivity contribution < 1.29 is 19.2 Å². The maximum absolute atomic E-state index is 11.9. The van der Waals surface area contributed by atoms with Crippen LogP contribution in [0.2, 0.25) is 0 Å². The zero-order valence-corrected chi connectivity index (χ0v) is 13.9. The molecule has 23 heavy (non-hydrogen) atoms. The Kier molecular flexibility index (Phi) is 6.40. The van der Waals surface area contributed by atoms with Crippen LogP contribution < -0.4 is 20.3 Å². The van der Waals surface area contributed by atoms with Crippen LogP contribution in [0.4, 0.5) is 5.69 Å². The summed E-state index contributed by atoms with van der Waals surface area (Å²) in [6, 6.07) is 7.38. The SMILES string of the molecule is CCOc1ccc(NC(=O)C(=O)NC[C@@H]2CCC[NH+]2CC)cc1. The van der Waals surface area contributed by atoms with Crippen molar-refractivity contribution in [1.82, 2.24) is 5.32 Å². The van der Waals surface area contributed by atoms with E-state index in [-0.39, 0.29) is 0 Å². The Morgan fingerprint density at radius 1 is 1.22 bits per heavy atom. The van der Waals surface area contributed by atoms with Gasteiger partial charge < -0.3 is 20.3 Å². The van der Waals surface area contributed by atoms with Gasteiger partial charge in [-0.1, -0.05) is 0 Å². The first-order valence-electron chi connectivity index (χ1n) is 8.30. The molecule has 3 N–H and O–H groups in total. The summed E-state index contributed by atoms with van der Waals surface area (Å²) in [5.41, 5.74) is 0.579. The number of anilines is 1. The second-order valence-electron chi connectivity index (χ2n) is 5.72. The molecule has 0 aromatic heterocycles. The third kappa shape index (κ3) is 4.96. The molecule has 6 heteroatoms. The first-order valence-corrected chi connectivity index (χ1v) is 8.30. The highest BCUT2D eigenvalue weighted by Crippen LogP contribution is 2.15. The molecule has 0 spiro atoms. The summed E-state index contributed by atoms with van der Waals surface area (Å²) < 4.78 is 5.34. The van der Waals surface area contributed by atoms with Crippen molar-refractivity contribution in [1.29, 1.82) is 0 Å². The molecular formula is C17H26N3O3+. The lowest BCUT2D eigenvalue weighted by molar-refractivity contribution is -0.909. The Morgan fingerprint density at radius 2 is 1.96 bits per heavy atom. The van der Waals surface area contributed by atoms with Crippen molar-refractivity contribution in [2.45, 2.75) is 32.7 Å². The molecule has 1 aliphatic heterocycles. The molecule has 0 saturated carbocycles. The molecule has 1 aromatic carbocycles. The molecule has 126 valence electrons. The number of quaternary nitrogens is 1. The quantitative estimate of drug-likeness (QED) is 0.656. The van der Waals surface area contributed by atoms with Crippen LogP contribution in [-0.4, -0.2) is 44.1 Å². The Balaban J connectivity index is 1.79. The molecule has 1 aliphatic rings. The van der Waals surface area contributed by atoms with E-state index in [1.807, 2.05) is 6.92 Å². The van der Waals surface area contributed by atoms with E-state index in [9.17, 15) is 9.59 Å². The third-order valence-corrected chi connectivity index (χ3v) is 4.22. The molecule has 2 rings (SSSR count). The molecule has 1 aromatic rings. The summed E-state index contributed by atoms with van der Waals surface area (Å²) in [4.78, 5) is 25.3. The summed E-state index contributed by atoms with van der Waals surface area (Å²) in [5.74, 6) is -0.481. The number of rotatable bonds is 6. The van der Waals surface area contributed by atoms with Crippen molar-refractivity contribution in [3.05, 3.63) is 24.3 Å². The highest BCUT2D eigenvalue weighted by molar-refractivity contribution is 6.39. The molecule has 6 nitrogen and oxygen atoms in total. The van der Waals surface area contributed by atoms with E-state index in [4.69, 9.17) is 4.74 Å². The Labute approximate surface area is 137 Å². The van der Waals surface area contributed by atoms with Gasteiger partial charge in [0.25, 0.3) is 0 Å². The zero-order chi connectivity index (χ0) is 16.7. The molecule has 0 aliphatic carbocycles. The van der Waals surface area contributed by atoms with Gasteiger partial charge in [-0.25, -0.2) is 0 Å². The first kappa shape index (κ1) is 17.3. The van der Waals surface area contributed by atoms with Crippen molar-refractivity contribution in [2.24, 2.45) is 0 Å². The molecule has 1 saturated heterocycles. The average Bonchev–Trinajstić information content (AvgIpc) is 3.02. The molecule has 1 unspecified atom stereocenters. The number of amides is 2. The number of hydrogen-bond donors (Lipinski definition) is 3. The van der Waals surface area contributed by atoms with E-state index in [1.54, 1.807) is 24.3 Å². The number of nitrogens with one attached hydrogen (secondary N) is 3. The number of likely N-dealkylation sites (tertiary alicyclic amines) is 1. The predicted octanol–water partition coefficient (Wildman–Crippen LogP) is 0.207. The molecule has 0 bridgehead atoms. The van der Waals surface area contributed by atoms with Gasteiger partial charge in [0.05, 0.1) is 26.2 Å². The third-order valence-electron chi connectivity index (χ3n) is 4.22. The van der Waals surface area contributed by atoms with Crippen LogP contribution in [0.3, 0.4) is 0 Å². The molecule has 2 atom stereocenters. The summed E-state index contributed by atoms with van der Waals surface area (Å²) in [6.45, 7) is 7.40. The van der Waals surface area contributed by atoms with Crippen LogP contribution in [0.1, 0.15) is 26.7 Å². The standard InChI is InChI=1S/C17H25N3O3/c1-3-20-11-5-6-14(20)12-18-16(21)17(22)19-13-7-9-15(10-8-13)23-4-2/h7-10,14H,3-6,11-12H2,1-2H3,(H,18,21)(H,19,22)/p+1/t14-/m0/s1. The minimum atomic E-state index is -0.634. The fourth-order valence-electron chi connectivity index (χ4n) is 2.98. The van der Waals surface area contributed by atoms with E-state index in [0.717, 1.165) is 25.3 Å². The molecule has 2 amide bonds. The smallest absolute Gasteiger partial charge is 0.313 e. The average molecular weight is 320 g/mol. The van der Waals surface area contributed by atoms with Crippen LogP contribution in [-0.2, 0) is 9.59 Å². The molecular weight excluding hydrogens is 294 g/mol. The fourth-order valence-corrected chi connectivity index (χ4v) is 2.98. The van der Waals surface area contributed by atoms with Gasteiger partial charge in [0.2, 0.25) is 0 Å². The van der Waals surface area contributed by atoms with Crippen LogP contribution in [0.15, 0.2) is 24.3 Å². The lowest BCUT2D eigenvalue weighted by Gasteiger charge is -2.19. The summed E-state index contributed by atoms with van der Waals surface area (Å²) in [5, 5.41) is 5.34. The maximum atomic E-state index is 11.9. The number of carbonyl (C=O) groups is 2. The van der Waals surface area contributed by atoms with Gasteiger partial charge in [-0.2, -0.15) is 0 Å². The minimum Gasteiger partial charge on any atom is -0.494 e. The van der Waals surface area contributed by atoms with Gasteiger partial charge in [0.1, 0.15) is 11.8 Å². The van der Waals surface area contributed by atoms with Crippen LogP contribution in [0.5, 0.6) is 5.75 Å². The molecule has 1 fully saturated rings. The summed E-state index contributed by atoms with van der Waals surface area (Å²) >= 11 is 0. The zero-order valence-electron chi connectivity index (χ0n) is 13.9. The number of benzene rings is 1. The van der Waals surface area contributed by atoms with E-state index in [1.165, 1.54) is 11.3 Å². The van der Waals surface area contributed by atoms with Gasteiger partial charge in [-0.3, -0.25) is 9.59 Å². The van der Waals surface area contributed by atoms with Gasteiger partial charge in [0.15, 0.2) is 0 Å². The second kappa shape index (κ2) is 8.53. The largest absolute Gasteiger partial charge is 0.494 e. The van der Waals surface area contributed by atoms with Gasteiger partial charge in [-0.05, 0) is 38.1 Å². The Morgan fingerprint density at radius 3 is 2.61 bits per heavy atom. The number of carbonyl (C=O) groups excluding carboxylic acids is 2. The number of ether oxygens (including phenoxy) is 1. The van der Waals surface area contributed by atoms with Crippen molar-refractivity contribution >= 4 is 17.5 Å². The van der Waals surface area contributed by atoms with Gasteiger partial charge >= 0.3 is 11.8 Å².